The number of carbonyl (C=O) groups excluding carboxylic acids is 1. The molecule has 0 bridgehead atoms. The number of aliphatic hydroxyl groups excluding tert-OH is 1. The summed E-state index contributed by atoms with van der Waals surface area (Å²) < 4.78 is 26.8. The molecule has 7 nitrogen and oxygen atoms in total. The van der Waals surface area contributed by atoms with Gasteiger partial charge < -0.3 is 10.0 Å². The second-order valence-corrected chi connectivity index (χ2v) is 8.97. The number of β-amino-alcohol motifs (C(OH)–C–C–N with tert-alkyl or cyclic N) is 1. The fourth-order valence-corrected chi connectivity index (χ4v) is 4.61. The van der Waals surface area contributed by atoms with E-state index >= 15 is 0 Å². The second kappa shape index (κ2) is 9.52. The maximum absolute atomic E-state index is 13.1. The number of nitrogens with one attached hydrogen (secondary N) is 1. The van der Waals surface area contributed by atoms with E-state index in [1.807, 2.05) is 0 Å². The highest BCUT2D eigenvalue weighted by Crippen LogP contribution is 2.22. The monoisotopic (exact) mass is 397 g/mol. The Labute approximate surface area is 162 Å². The third kappa shape index (κ3) is 5.92. The number of sulfonamides is 1. The molecule has 1 aliphatic rings. The van der Waals surface area contributed by atoms with E-state index in [0.29, 0.717) is 43.9 Å². The number of hydrogen-bond donors (Lipinski definition) is 2. The maximum Gasteiger partial charge on any atom is 0.256 e. The molecule has 1 aromatic rings. The fraction of sp³-hybridized carbons (Fsp3) is 0.632. The van der Waals surface area contributed by atoms with Gasteiger partial charge in [-0.25, -0.2) is 8.42 Å². The first-order valence-corrected chi connectivity index (χ1v) is 11.2. The van der Waals surface area contributed by atoms with Crippen LogP contribution in [0.1, 0.15) is 44.0 Å². The molecule has 2 N–H and O–H groups in total. The number of amides is 1. The molecule has 2 rings (SSSR count). The van der Waals surface area contributed by atoms with Gasteiger partial charge in [0.15, 0.2) is 0 Å². The van der Waals surface area contributed by atoms with Gasteiger partial charge >= 0.3 is 0 Å². The molecule has 0 unspecified atom stereocenters. The van der Waals surface area contributed by atoms with Crippen LogP contribution in [0.25, 0.3) is 0 Å². The van der Waals surface area contributed by atoms with Crippen molar-refractivity contribution >= 4 is 21.6 Å². The Morgan fingerprint density at radius 1 is 1.30 bits per heavy atom. The number of anilines is 1. The summed E-state index contributed by atoms with van der Waals surface area (Å²) in [5, 5.41) is 9.67. The maximum atomic E-state index is 13.1. The standard InChI is InChI=1S/C19H31N3O4S/c1-4-12-27(25,26)20-18-9-7-6-8-17(18)19(24)22-11-10-21(13-15(3)23)16(5-2)14-22/h6-9,15-16,20,23H,4-5,10-14H2,1-3H3/t15-,16+/m0/s1. The van der Waals surface area contributed by atoms with Crippen LogP contribution in [0.4, 0.5) is 5.69 Å². The molecule has 152 valence electrons. The number of benzene rings is 1. The number of piperazine rings is 1. The largest absolute Gasteiger partial charge is 0.392 e. The number of carbonyl (C=O) groups is 1. The molecule has 0 radical (unpaired) electrons. The minimum absolute atomic E-state index is 0.0193. The molecular formula is C19H31N3O4S. The van der Waals surface area contributed by atoms with Gasteiger partial charge in [-0.2, -0.15) is 0 Å². The normalized spacial score (nSPS) is 19.7. The van der Waals surface area contributed by atoms with Crippen molar-refractivity contribution in [2.24, 2.45) is 0 Å². The zero-order valence-electron chi connectivity index (χ0n) is 16.4. The Balaban J connectivity index is 2.16. The number of rotatable bonds is 8. The van der Waals surface area contributed by atoms with Gasteiger partial charge in [0, 0.05) is 32.2 Å². The molecule has 1 saturated heterocycles. The van der Waals surface area contributed by atoms with Gasteiger partial charge in [-0.15, -0.1) is 0 Å². The van der Waals surface area contributed by atoms with E-state index in [4.69, 9.17) is 0 Å². The third-order valence-corrected chi connectivity index (χ3v) is 6.23. The zero-order valence-corrected chi connectivity index (χ0v) is 17.2. The average Bonchev–Trinajstić information content (AvgIpc) is 2.61. The lowest BCUT2D eigenvalue weighted by Gasteiger charge is -2.41. The Morgan fingerprint density at radius 2 is 2.00 bits per heavy atom. The lowest BCUT2D eigenvalue weighted by atomic mass is 10.1. The van der Waals surface area contributed by atoms with Gasteiger partial charge in [0.2, 0.25) is 10.0 Å². The van der Waals surface area contributed by atoms with E-state index in [1.54, 1.807) is 43.0 Å². The van der Waals surface area contributed by atoms with E-state index in [-0.39, 0.29) is 17.7 Å². The Kier molecular flexibility index (Phi) is 7.64. The molecule has 0 aromatic heterocycles. The van der Waals surface area contributed by atoms with Crippen LogP contribution in [0.15, 0.2) is 24.3 Å². The average molecular weight is 398 g/mol. The lowest BCUT2D eigenvalue weighted by molar-refractivity contribution is 0.0310. The van der Waals surface area contributed by atoms with E-state index in [1.165, 1.54) is 0 Å². The van der Waals surface area contributed by atoms with Gasteiger partial charge in [-0.3, -0.25) is 14.4 Å². The van der Waals surface area contributed by atoms with Crippen molar-refractivity contribution in [3.8, 4) is 0 Å². The highest BCUT2D eigenvalue weighted by Gasteiger charge is 2.30. The van der Waals surface area contributed by atoms with Crippen molar-refractivity contribution < 1.29 is 18.3 Å². The summed E-state index contributed by atoms with van der Waals surface area (Å²) >= 11 is 0. The second-order valence-electron chi connectivity index (χ2n) is 7.12. The third-order valence-electron chi connectivity index (χ3n) is 4.76. The minimum atomic E-state index is -3.47. The summed E-state index contributed by atoms with van der Waals surface area (Å²) in [5.41, 5.74) is 0.700. The smallest absolute Gasteiger partial charge is 0.256 e. The van der Waals surface area contributed by atoms with Crippen molar-refractivity contribution in [2.75, 3.05) is 36.7 Å². The van der Waals surface area contributed by atoms with Crippen molar-refractivity contribution in [2.45, 2.75) is 45.8 Å². The summed E-state index contributed by atoms with van der Waals surface area (Å²) in [6, 6.07) is 6.93. The molecule has 1 aromatic carbocycles. The van der Waals surface area contributed by atoms with Crippen LogP contribution < -0.4 is 4.72 Å². The molecule has 0 saturated carbocycles. The van der Waals surface area contributed by atoms with E-state index in [0.717, 1.165) is 6.42 Å². The molecular weight excluding hydrogens is 366 g/mol. The van der Waals surface area contributed by atoms with Crippen molar-refractivity contribution in [3.63, 3.8) is 0 Å². The molecule has 1 heterocycles. The number of nitrogens with zero attached hydrogens (tertiary/aromatic N) is 2. The van der Waals surface area contributed by atoms with Crippen LogP contribution in [0.5, 0.6) is 0 Å². The van der Waals surface area contributed by atoms with Gasteiger partial charge in [0.1, 0.15) is 0 Å². The zero-order chi connectivity index (χ0) is 20.0. The molecule has 1 aliphatic heterocycles. The van der Waals surface area contributed by atoms with Crippen LogP contribution >= 0.6 is 0 Å². The predicted octanol–water partition coefficient (Wildman–Crippen LogP) is 1.76. The highest BCUT2D eigenvalue weighted by molar-refractivity contribution is 7.92. The SMILES string of the molecule is CCCS(=O)(=O)Nc1ccccc1C(=O)N1CCN(C[C@H](C)O)[C@H](CC)C1. The van der Waals surface area contributed by atoms with Crippen molar-refractivity contribution in [1.82, 2.24) is 9.80 Å². The molecule has 1 fully saturated rings. The van der Waals surface area contributed by atoms with Crippen LogP contribution in [-0.2, 0) is 10.0 Å². The summed E-state index contributed by atoms with van der Waals surface area (Å²) in [6.07, 6.45) is 0.978. The summed E-state index contributed by atoms with van der Waals surface area (Å²) in [4.78, 5) is 17.1. The van der Waals surface area contributed by atoms with Crippen LogP contribution in [-0.4, -0.2) is 73.3 Å². The van der Waals surface area contributed by atoms with Crippen LogP contribution in [0, 0.1) is 0 Å². The van der Waals surface area contributed by atoms with E-state index in [9.17, 15) is 18.3 Å². The first-order chi connectivity index (χ1) is 12.8. The highest BCUT2D eigenvalue weighted by atomic mass is 32.2. The first kappa shape index (κ1) is 21.7. The Hall–Kier alpha value is -1.64. The summed E-state index contributed by atoms with van der Waals surface area (Å²) in [6.45, 7) is 8.04. The topological polar surface area (TPSA) is 90.0 Å². The molecule has 27 heavy (non-hydrogen) atoms. The lowest BCUT2D eigenvalue weighted by Crippen LogP contribution is -2.55. The molecule has 0 spiro atoms. The van der Waals surface area contributed by atoms with Crippen LogP contribution in [0.3, 0.4) is 0 Å². The van der Waals surface area contributed by atoms with Crippen molar-refractivity contribution in [3.05, 3.63) is 29.8 Å². The molecule has 0 aliphatic carbocycles. The van der Waals surface area contributed by atoms with E-state index < -0.39 is 16.1 Å². The molecule has 2 atom stereocenters. The van der Waals surface area contributed by atoms with Gasteiger partial charge in [0.25, 0.3) is 5.91 Å². The number of hydrogen-bond acceptors (Lipinski definition) is 5. The predicted molar refractivity (Wildman–Crippen MR) is 107 cm³/mol. The minimum Gasteiger partial charge on any atom is -0.392 e. The molecule has 1 amide bonds. The quantitative estimate of drug-likeness (QED) is 0.698. The number of aliphatic hydroxyl groups is 1. The Morgan fingerprint density at radius 3 is 2.63 bits per heavy atom. The number of para-hydroxylation sites is 1. The van der Waals surface area contributed by atoms with Crippen LogP contribution in [0.2, 0.25) is 0 Å². The summed E-state index contributed by atoms with van der Waals surface area (Å²) in [7, 11) is -3.47. The van der Waals surface area contributed by atoms with Gasteiger partial charge in [-0.05, 0) is 31.9 Å². The Bertz CT molecular complexity index is 736. The fourth-order valence-electron chi connectivity index (χ4n) is 3.46. The molecule has 8 heteroatoms. The summed E-state index contributed by atoms with van der Waals surface area (Å²) in [5.74, 6) is -0.147. The first-order valence-electron chi connectivity index (χ1n) is 9.58. The van der Waals surface area contributed by atoms with E-state index in [2.05, 4.69) is 16.5 Å². The van der Waals surface area contributed by atoms with Gasteiger partial charge in [0.05, 0.1) is 23.1 Å². The van der Waals surface area contributed by atoms with Crippen molar-refractivity contribution in [1.29, 1.82) is 0 Å². The van der Waals surface area contributed by atoms with Gasteiger partial charge in [-0.1, -0.05) is 26.0 Å².